The molecule has 0 N–H and O–H groups in total. The van der Waals surface area contributed by atoms with E-state index in [0.29, 0.717) is 17.1 Å². The van der Waals surface area contributed by atoms with Gasteiger partial charge in [-0.2, -0.15) is 0 Å². The Balaban J connectivity index is 2.07. The predicted octanol–water partition coefficient (Wildman–Crippen LogP) is 4.04. The Bertz CT molecular complexity index is 397. The number of halogens is 1. The monoisotopic (exact) mass is 268 g/mol. The molecule has 18 heavy (non-hydrogen) atoms. The molecule has 0 aliphatic heterocycles. The number of hydrogen-bond acceptors (Lipinski definition) is 3. The molecule has 1 fully saturated rings. The van der Waals surface area contributed by atoms with Crippen molar-refractivity contribution in [3.63, 3.8) is 0 Å². The van der Waals surface area contributed by atoms with Gasteiger partial charge < -0.3 is 4.74 Å². The molecule has 0 spiro atoms. The first kappa shape index (κ1) is 13.6. The summed E-state index contributed by atoms with van der Waals surface area (Å²) < 4.78 is 6.05. The minimum Gasteiger partial charge on any atom is -0.474 e. The van der Waals surface area contributed by atoms with E-state index in [1.165, 1.54) is 25.6 Å². The topological polar surface area (TPSA) is 35.0 Å². The van der Waals surface area contributed by atoms with E-state index in [1.54, 1.807) is 0 Å². The summed E-state index contributed by atoms with van der Waals surface area (Å²) in [4.78, 5) is 8.25. The van der Waals surface area contributed by atoms with Crippen molar-refractivity contribution in [1.29, 1.82) is 0 Å². The number of aromatic nitrogens is 2. The van der Waals surface area contributed by atoms with Crippen molar-refractivity contribution in [3.8, 4) is 5.88 Å². The highest BCUT2D eigenvalue weighted by Crippen LogP contribution is 2.31. The fourth-order valence-corrected chi connectivity index (χ4v) is 2.91. The highest BCUT2D eigenvalue weighted by molar-refractivity contribution is 6.30. The van der Waals surface area contributed by atoms with Crippen molar-refractivity contribution in [1.82, 2.24) is 9.97 Å². The van der Waals surface area contributed by atoms with Gasteiger partial charge in [0.05, 0.1) is 5.56 Å². The lowest BCUT2D eigenvalue weighted by molar-refractivity contribution is 0.116. The van der Waals surface area contributed by atoms with E-state index >= 15 is 0 Å². The van der Waals surface area contributed by atoms with Gasteiger partial charge in [0.25, 0.3) is 0 Å². The number of ether oxygens (including phenoxy) is 1. The van der Waals surface area contributed by atoms with Gasteiger partial charge in [0.1, 0.15) is 17.6 Å². The standard InChI is InChI=1S/C14H21ClN2O/c1-3-10-6-5-7-11(8-10)18-14-12(4-2)13(15)16-9-17-14/h9-11H,3-8H2,1-2H3. The summed E-state index contributed by atoms with van der Waals surface area (Å²) in [7, 11) is 0. The fraction of sp³-hybridized carbons (Fsp3) is 0.714. The third kappa shape index (κ3) is 3.14. The van der Waals surface area contributed by atoms with Crippen molar-refractivity contribution >= 4 is 11.6 Å². The third-order valence-corrected chi connectivity index (χ3v) is 4.12. The van der Waals surface area contributed by atoms with Gasteiger partial charge >= 0.3 is 0 Å². The first-order chi connectivity index (χ1) is 8.74. The van der Waals surface area contributed by atoms with Crippen LogP contribution in [0.5, 0.6) is 5.88 Å². The van der Waals surface area contributed by atoms with Crippen molar-refractivity contribution in [3.05, 3.63) is 17.0 Å². The van der Waals surface area contributed by atoms with Gasteiger partial charge in [0.15, 0.2) is 0 Å². The van der Waals surface area contributed by atoms with Gasteiger partial charge in [-0.3, -0.25) is 0 Å². The highest BCUT2D eigenvalue weighted by atomic mass is 35.5. The van der Waals surface area contributed by atoms with E-state index < -0.39 is 0 Å². The van der Waals surface area contributed by atoms with Gasteiger partial charge in [-0.15, -0.1) is 0 Å². The van der Waals surface area contributed by atoms with Gasteiger partial charge in [0, 0.05) is 0 Å². The number of nitrogens with zero attached hydrogens (tertiary/aromatic N) is 2. The molecule has 1 aromatic rings. The van der Waals surface area contributed by atoms with E-state index in [0.717, 1.165) is 30.7 Å². The molecule has 2 atom stereocenters. The average molecular weight is 269 g/mol. The molecule has 1 saturated carbocycles. The molecule has 0 amide bonds. The number of rotatable bonds is 4. The van der Waals surface area contributed by atoms with Crippen LogP contribution in [0.3, 0.4) is 0 Å². The molecule has 2 unspecified atom stereocenters. The quantitative estimate of drug-likeness (QED) is 0.773. The Hall–Kier alpha value is -0.830. The molecule has 1 heterocycles. The van der Waals surface area contributed by atoms with Gasteiger partial charge in [0.2, 0.25) is 5.88 Å². The molecule has 3 nitrogen and oxygen atoms in total. The van der Waals surface area contributed by atoms with Crippen LogP contribution in [0.25, 0.3) is 0 Å². The van der Waals surface area contributed by atoms with E-state index in [9.17, 15) is 0 Å². The smallest absolute Gasteiger partial charge is 0.221 e. The van der Waals surface area contributed by atoms with Crippen molar-refractivity contribution in [2.24, 2.45) is 5.92 Å². The second-order valence-electron chi connectivity index (χ2n) is 4.98. The molecular formula is C14H21ClN2O. The lowest BCUT2D eigenvalue weighted by Crippen LogP contribution is -2.26. The minimum absolute atomic E-state index is 0.292. The summed E-state index contributed by atoms with van der Waals surface area (Å²) in [5.74, 6) is 1.48. The van der Waals surface area contributed by atoms with Crippen LogP contribution < -0.4 is 4.74 Å². The van der Waals surface area contributed by atoms with Gasteiger partial charge in [-0.1, -0.05) is 38.3 Å². The van der Waals surface area contributed by atoms with Crippen LogP contribution in [0.2, 0.25) is 5.15 Å². The fourth-order valence-electron chi connectivity index (χ4n) is 2.65. The first-order valence-corrected chi connectivity index (χ1v) is 7.28. The Morgan fingerprint density at radius 1 is 1.33 bits per heavy atom. The Morgan fingerprint density at radius 3 is 2.89 bits per heavy atom. The Labute approximate surface area is 114 Å². The summed E-state index contributed by atoms with van der Waals surface area (Å²) in [6.07, 6.45) is 8.68. The molecule has 2 rings (SSSR count). The van der Waals surface area contributed by atoms with Crippen LogP contribution in [0, 0.1) is 5.92 Å². The molecule has 1 aliphatic rings. The molecule has 1 aliphatic carbocycles. The average Bonchev–Trinajstić information content (AvgIpc) is 2.39. The third-order valence-electron chi connectivity index (χ3n) is 3.80. The second kappa shape index (κ2) is 6.37. The van der Waals surface area contributed by atoms with Crippen LogP contribution >= 0.6 is 11.6 Å². The lowest BCUT2D eigenvalue weighted by Gasteiger charge is -2.29. The van der Waals surface area contributed by atoms with Crippen LogP contribution in [0.15, 0.2) is 6.33 Å². The highest BCUT2D eigenvalue weighted by Gasteiger charge is 2.23. The Kier molecular flexibility index (Phi) is 4.81. The molecule has 0 radical (unpaired) electrons. The largest absolute Gasteiger partial charge is 0.474 e. The molecule has 0 saturated heterocycles. The summed E-state index contributed by atoms with van der Waals surface area (Å²) in [6, 6.07) is 0. The van der Waals surface area contributed by atoms with Crippen LogP contribution in [-0.2, 0) is 6.42 Å². The minimum atomic E-state index is 0.292. The zero-order valence-corrected chi connectivity index (χ0v) is 11.9. The SMILES string of the molecule is CCc1c(Cl)ncnc1OC1CCCC(CC)C1. The van der Waals surface area contributed by atoms with Crippen LogP contribution in [0.4, 0.5) is 0 Å². The molecule has 1 aromatic heterocycles. The van der Waals surface area contributed by atoms with Crippen molar-refractivity contribution in [2.45, 2.75) is 58.5 Å². The maximum atomic E-state index is 6.07. The second-order valence-corrected chi connectivity index (χ2v) is 5.34. The molecular weight excluding hydrogens is 248 g/mol. The molecule has 0 aromatic carbocycles. The molecule has 100 valence electrons. The predicted molar refractivity (Wildman–Crippen MR) is 73.1 cm³/mol. The van der Waals surface area contributed by atoms with Crippen LogP contribution in [-0.4, -0.2) is 16.1 Å². The normalized spacial score (nSPS) is 23.9. The molecule has 0 bridgehead atoms. The van der Waals surface area contributed by atoms with E-state index in [1.807, 2.05) is 6.92 Å². The maximum Gasteiger partial charge on any atom is 0.221 e. The van der Waals surface area contributed by atoms with Crippen LogP contribution in [0.1, 0.15) is 51.5 Å². The maximum absolute atomic E-state index is 6.07. The summed E-state index contributed by atoms with van der Waals surface area (Å²) in [5.41, 5.74) is 0.929. The van der Waals surface area contributed by atoms with E-state index in [-0.39, 0.29) is 0 Å². The van der Waals surface area contributed by atoms with E-state index in [2.05, 4.69) is 16.9 Å². The first-order valence-electron chi connectivity index (χ1n) is 6.90. The summed E-state index contributed by atoms with van der Waals surface area (Å²) >= 11 is 6.07. The van der Waals surface area contributed by atoms with Gasteiger partial charge in [-0.05, 0) is 31.6 Å². The Morgan fingerprint density at radius 2 is 2.17 bits per heavy atom. The number of hydrogen-bond donors (Lipinski definition) is 0. The van der Waals surface area contributed by atoms with Gasteiger partial charge in [-0.25, -0.2) is 9.97 Å². The van der Waals surface area contributed by atoms with Crippen molar-refractivity contribution in [2.75, 3.05) is 0 Å². The summed E-state index contributed by atoms with van der Waals surface area (Å²) in [6.45, 7) is 4.30. The molecule has 4 heteroatoms. The lowest BCUT2D eigenvalue weighted by atomic mass is 9.85. The zero-order chi connectivity index (χ0) is 13.0. The van der Waals surface area contributed by atoms with E-state index in [4.69, 9.17) is 16.3 Å². The summed E-state index contributed by atoms with van der Waals surface area (Å²) in [5, 5.41) is 0.519. The zero-order valence-electron chi connectivity index (χ0n) is 11.2. The van der Waals surface area contributed by atoms with Crippen molar-refractivity contribution < 1.29 is 4.74 Å².